The number of aryl methyl sites for hydroxylation is 1. The number of carboxylic acids is 1. The Morgan fingerprint density at radius 1 is 1.42 bits per heavy atom. The number of amides is 1. The monoisotopic (exact) mass is 327 g/mol. The van der Waals surface area contributed by atoms with Crippen molar-refractivity contribution >= 4 is 34.8 Å². The molecule has 0 fully saturated rings. The van der Waals surface area contributed by atoms with Crippen molar-refractivity contribution in [1.82, 2.24) is 9.99 Å². The minimum absolute atomic E-state index is 0.106. The first-order valence-corrected chi connectivity index (χ1v) is 7.46. The predicted octanol–water partition coefficient (Wildman–Crippen LogP) is 2.13. The quantitative estimate of drug-likeness (QED) is 0.845. The maximum absolute atomic E-state index is 12.0. The molecular formula is C17H17N3O4. The SMILES string of the molecule is CC(C)OC1=NNC(=O)C1=Cc1cn(C)c2cc(C(=O)O)ccc12. The number of hydrazone groups is 1. The van der Waals surface area contributed by atoms with E-state index in [0.717, 1.165) is 16.5 Å². The molecule has 0 spiro atoms. The highest BCUT2D eigenvalue weighted by atomic mass is 16.5. The number of ether oxygens (including phenoxy) is 1. The maximum Gasteiger partial charge on any atom is 0.335 e. The molecule has 124 valence electrons. The molecule has 24 heavy (non-hydrogen) atoms. The lowest BCUT2D eigenvalue weighted by Gasteiger charge is -2.08. The Balaban J connectivity index is 2.08. The van der Waals surface area contributed by atoms with Crippen LogP contribution >= 0.6 is 0 Å². The zero-order valence-corrected chi connectivity index (χ0v) is 13.5. The Morgan fingerprint density at radius 3 is 2.83 bits per heavy atom. The molecule has 0 saturated carbocycles. The van der Waals surface area contributed by atoms with Crippen LogP contribution in [0.2, 0.25) is 0 Å². The van der Waals surface area contributed by atoms with E-state index < -0.39 is 5.97 Å². The first-order valence-electron chi connectivity index (χ1n) is 7.46. The molecule has 2 heterocycles. The van der Waals surface area contributed by atoms with Crippen LogP contribution in [0, 0.1) is 0 Å². The summed E-state index contributed by atoms with van der Waals surface area (Å²) in [7, 11) is 1.82. The number of benzene rings is 1. The van der Waals surface area contributed by atoms with Crippen LogP contribution in [0.1, 0.15) is 29.8 Å². The number of aromatic nitrogens is 1. The van der Waals surface area contributed by atoms with Gasteiger partial charge in [-0.25, -0.2) is 10.2 Å². The van der Waals surface area contributed by atoms with E-state index in [2.05, 4.69) is 10.5 Å². The van der Waals surface area contributed by atoms with Crippen molar-refractivity contribution in [2.24, 2.45) is 12.1 Å². The van der Waals surface area contributed by atoms with Crippen molar-refractivity contribution in [3.8, 4) is 0 Å². The van der Waals surface area contributed by atoms with Crippen molar-refractivity contribution in [2.45, 2.75) is 20.0 Å². The van der Waals surface area contributed by atoms with Crippen LogP contribution < -0.4 is 5.43 Å². The van der Waals surface area contributed by atoms with Gasteiger partial charge in [0.1, 0.15) is 5.57 Å². The minimum atomic E-state index is -0.979. The second-order valence-electron chi connectivity index (χ2n) is 5.81. The normalized spacial score (nSPS) is 15.9. The van der Waals surface area contributed by atoms with Gasteiger partial charge in [-0.2, -0.15) is 0 Å². The van der Waals surface area contributed by atoms with Crippen LogP contribution in [0.3, 0.4) is 0 Å². The van der Waals surface area contributed by atoms with Gasteiger partial charge in [0.15, 0.2) is 0 Å². The molecule has 1 aliphatic heterocycles. The van der Waals surface area contributed by atoms with Crippen LogP contribution in [0.5, 0.6) is 0 Å². The van der Waals surface area contributed by atoms with Crippen LogP contribution in [-0.2, 0) is 16.6 Å². The Labute approximate surface area is 138 Å². The largest absolute Gasteiger partial charge is 0.478 e. The highest BCUT2D eigenvalue weighted by Gasteiger charge is 2.25. The Morgan fingerprint density at radius 2 is 2.17 bits per heavy atom. The lowest BCUT2D eigenvalue weighted by Crippen LogP contribution is -2.16. The van der Waals surface area contributed by atoms with Gasteiger partial charge in [0.25, 0.3) is 5.91 Å². The zero-order chi connectivity index (χ0) is 17.4. The average Bonchev–Trinajstić information content (AvgIpc) is 3.01. The number of hydrogen-bond donors (Lipinski definition) is 2. The van der Waals surface area contributed by atoms with E-state index in [9.17, 15) is 9.59 Å². The van der Waals surface area contributed by atoms with Crippen LogP contribution in [0.25, 0.3) is 17.0 Å². The van der Waals surface area contributed by atoms with Gasteiger partial charge in [0.2, 0.25) is 5.90 Å². The number of carbonyl (C=O) groups excluding carboxylic acids is 1. The molecule has 7 heteroatoms. The zero-order valence-electron chi connectivity index (χ0n) is 13.5. The number of aromatic carboxylic acids is 1. The van der Waals surface area contributed by atoms with E-state index in [0.29, 0.717) is 5.57 Å². The summed E-state index contributed by atoms with van der Waals surface area (Å²) in [5.74, 6) is -1.05. The number of hydrogen-bond acceptors (Lipinski definition) is 4. The Hall–Kier alpha value is -3.09. The molecule has 7 nitrogen and oxygen atoms in total. The number of fused-ring (bicyclic) bond motifs is 1. The highest BCUT2D eigenvalue weighted by molar-refractivity contribution is 6.25. The second-order valence-corrected chi connectivity index (χ2v) is 5.81. The van der Waals surface area contributed by atoms with Crippen molar-refractivity contribution in [3.05, 3.63) is 41.1 Å². The summed E-state index contributed by atoms with van der Waals surface area (Å²) in [6.45, 7) is 3.71. The summed E-state index contributed by atoms with van der Waals surface area (Å²) < 4.78 is 7.37. The van der Waals surface area contributed by atoms with Gasteiger partial charge in [-0.3, -0.25) is 4.79 Å². The van der Waals surface area contributed by atoms with Crippen molar-refractivity contribution < 1.29 is 19.4 Å². The van der Waals surface area contributed by atoms with Crippen molar-refractivity contribution in [2.75, 3.05) is 0 Å². The van der Waals surface area contributed by atoms with Gasteiger partial charge in [-0.1, -0.05) is 6.07 Å². The Bertz CT molecular complexity index is 906. The molecule has 0 atom stereocenters. The summed E-state index contributed by atoms with van der Waals surface area (Å²) in [6, 6.07) is 4.88. The molecule has 0 unspecified atom stereocenters. The lowest BCUT2D eigenvalue weighted by atomic mass is 10.1. The Kier molecular flexibility index (Phi) is 3.84. The van der Waals surface area contributed by atoms with E-state index in [1.807, 2.05) is 31.7 Å². The molecule has 3 rings (SSSR count). The summed E-state index contributed by atoms with van der Waals surface area (Å²) in [5.41, 5.74) is 4.51. The van der Waals surface area contributed by atoms with Crippen LogP contribution in [0.4, 0.5) is 0 Å². The van der Waals surface area contributed by atoms with E-state index in [-0.39, 0.29) is 23.5 Å². The summed E-state index contributed by atoms with van der Waals surface area (Å²) in [6.07, 6.45) is 3.43. The first kappa shape index (κ1) is 15.8. The van der Waals surface area contributed by atoms with Gasteiger partial charge in [-0.05, 0) is 32.1 Å². The third kappa shape index (κ3) is 2.76. The fraction of sp³-hybridized carbons (Fsp3) is 0.235. The molecule has 2 aromatic rings. The van der Waals surface area contributed by atoms with Crippen LogP contribution in [0.15, 0.2) is 35.1 Å². The topological polar surface area (TPSA) is 92.9 Å². The van der Waals surface area contributed by atoms with Gasteiger partial charge in [0, 0.05) is 29.7 Å². The fourth-order valence-electron chi connectivity index (χ4n) is 2.58. The average molecular weight is 327 g/mol. The van der Waals surface area contributed by atoms with Crippen molar-refractivity contribution in [1.29, 1.82) is 0 Å². The maximum atomic E-state index is 12.0. The van der Waals surface area contributed by atoms with Gasteiger partial charge in [0.05, 0.1) is 11.7 Å². The number of carbonyl (C=O) groups is 2. The molecule has 1 aromatic heterocycles. The smallest absolute Gasteiger partial charge is 0.335 e. The van der Waals surface area contributed by atoms with Crippen molar-refractivity contribution in [3.63, 3.8) is 0 Å². The molecular weight excluding hydrogens is 310 g/mol. The number of nitrogens with one attached hydrogen (secondary N) is 1. The van der Waals surface area contributed by atoms with Crippen LogP contribution in [-0.4, -0.2) is 33.6 Å². The molecule has 0 saturated heterocycles. The molecule has 1 aromatic carbocycles. The second kappa shape index (κ2) is 5.84. The number of rotatable bonds is 3. The van der Waals surface area contributed by atoms with E-state index in [4.69, 9.17) is 9.84 Å². The first-order chi connectivity index (χ1) is 11.4. The summed E-state index contributed by atoms with van der Waals surface area (Å²) in [5, 5.41) is 13.9. The van der Waals surface area contributed by atoms with Gasteiger partial charge < -0.3 is 14.4 Å². The molecule has 2 N–H and O–H groups in total. The van der Waals surface area contributed by atoms with Gasteiger partial charge in [-0.15, -0.1) is 5.10 Å². The fourth-order valence-corrected chi connectivity index (χ4v) is 2.58. The standard InChI is InChI=1S/C17H17N3O4/c1-9(2)24-16-13(15(21)18-19-16)6-11-8-20(3)14-7-10(17(22)23)4-5-12(11)14/h4-9H,1-3H3,(H,18,21)(H,22,23). The summed E-state index contributed by atoms with van der Waals surface area (Å²) in [4.78, 5) is 23.1. The lowest BCUT2D eigenvalue weighted by molar-refractivity contribution is -0.116. The molecule has 0 aliphatic carbocycles. The van der Waals surface area contributed by atoms with Gasteiger partial charge >= 0.3 is 5.97 Å². The van der Waals surface area contributed by atoms with E-state index in [1.54, 1.807) is 24.3 Å². The summed E-state index contributed by atoms with van der Waals surface area (Å²) >= 11 is 0. The number of carboxylic acid groups (broad SMARTS) is 1. The molecule has 0 radical (unpaired) electrons. The third-order valence-electron chi connectivity index (χ3n) is 3.65. The minimum Gasteiger partial charge on any atom is -0.478 e. The van der Waals surface area contributed by atoms with E-state index in [1.165, 1.54) is 0 Å². The molecule has 1 aliphatic rings. The highest BCUT2D eigenvalue weighted by Crippen LogP contribution is 2.25. The predicted molar refractivity (Wildman–Crippen MR) is 89.7 cm³/mol. The molecule has 0 bridgehead atoms. The third-order valence-corrected chi connectivity index (χ3v) is 3.65. The molecule has 1 amide bonds. The number of nitrogens with zero attached hydrogens (tertiary/aromatic N) is 2. The van der Waals surface area contributed by atoms with E-state index >= 15 is 0 Å².